The third-order valence-electron chi connectivity index (χ3n) is 4.70. The molecule has 4 heteroatoms. The Morgan fingerprint density at radius 2 is 1.71 bits per heavy atom. The summed E-state index contributed by atoms with van der Waals surface area (Å²) < 4.78 is 5.45. The molecule has 21 heavy (non-hydrogen) atoms. The normalized spacial score (nSPS) is 19.9. The molecule has 2 heterocycles. The maximum Gasteiger partial charge on any atom is 0.324 e. The van der Waals surface area contributed by atoms with Gasteiger partial charge in [-0.2, -0.15) is 4.98 Å². The molecule has 2 aromatic rings. The van der Waals surface area contributed by atoms with E-state index in [2.05, 4.69) is 15.0 Å². The minimum Gasteiger partial charge on any atom is -0.324 e. The van der Waals surface area contributed by atoms with Gasteiger partial charge in [0.2, 0.25) is 5.82 Å². The maximum atomic E-state index is 5.45. The van der Waals surface area contributed by atoms with Crippen LogP contribution in [-0.2, 0) is 0 Å². The number of rotatable bonds is 4. The molecular formula is C17H21N3O. The first-order valence-corrected chi connectivity index (χ1v) is 8.02. The van der Waals surface area contributed by atoms with Crippen molar-refractivity contribution in [3.05, 3.63) is 30.3 Å². The first kappa shape index (κ1) is 12.9. The van der Waals surface area contributed by atoms with Crippen LogP contribution in [0.3, 0.4) is 0 Å². The Kier molecular flexibility index (Phi) is 3.37. The van der Waals surface area contributed by atoms with Crippen LogP contribution in [0.2, 0.25) is 0 Å². The van der Waals surface area contributed by atoms with Crippen molar-refractivity contribution in [3.63, 3.8) is 0 Å². The summed E-state index contributed by atoms with van der Waals surface area (Å²) in [6, 6.07) is 10.7. The van der Waals surface area contributed by atoms with E-state index in [1.165, 1.54) is 32.1 Å². The topological polar surface area (TPSA) is 42.2 Å². The van der Waals surface area contributed by atoms with Crippen molar-refractivity contribution in [2.24, 2.45) is 11.8 Å². The molecule has 0 atom stereocenters. The van der Waals surface area contributed by atoms with E-state index in [4.69, 9.17) is 4.52 Å². The van der Waals surface area contributed by atoms with Gasteiger partial charge < -0.3 is 9.42 Å². The second-order valence-corrected chi connectivity index (χ2v) is 6.38. The molecular weight excluding hydrogens is 262 g/mol. The Labute approximate surface area is 125 Å². The highest BCUT2D eigenvalue weighted by Gasteiger charge is 2.29. The van der Waals surface area contributed by atoms with Gasteiger partial charge in [0.15, 0.2) is 0 Å². The van der Waals surface area contributed by atoms with Crippen molar-refractivity contribution in [1.82, 2.24) is 10.1 Å². The van der Waals surface area contributed by atoms with Gasteiger partial charge in [0.05, 0.1) is 0 Å². The summed E-state index contributed by atoms with van der Waals surface area (Å²) >= 11 is 0. The number of anilines is 1. The predicted molar refractivity (Wildman–Crippen MR) is 82.0 cm³/mol. The summed E-state index contributed by atoms with van der Waals surface area (Å²) in [7, 11) is 0. The number of nitrogens with zero attached hydrogens (tertiary/aromatic N) is 3. The van der Waals surface area contributed by atoms with Crippen LogP contribution in [0.5, 0.6) is 0 Å². The summed E-state index contributed by atoms with van der Waals surface area (Å²) in [5.41, 5.74) is 1.01. The van der Waals surface area contributed by atoms with E-state index in [0.717, 1.165) is 30.5 Å². The zero-order valence-electron chi connectivity index (χ0n) is 12.2. The molecule has 4 nitrogen and oxygen atoms in total. The van der Waals surface area contributed by atoms with E-state index in [0.29, 0.717) is 11.8 Å². The first-order chi connectivity index (χ1) is 10.4. The highest BCUT2D eigenvalue weighted by atomic mass is 16.5. The summed E-state index contributed by atoms with van der Waals surface area (Å²) in [4.78, 5) is 6.79. The van der Waals surface area contributed by atoms with E-state index in [1.807, 2.05) is 30.3 Å². The van der Waals surface area contributed by atoms with Gasteiger partial charge in [-0.05, 0) is 31.1 Å². The average Bonchev–Trinajstić information content (AvgIpc) is 3.22. The van der Waals surface area contributed by atoms with E-state index >= 15 is 0 Å². The molecule has 1 saturated heterocycles. The lowest BCUT2D eigenvalue weighted by Gasteiger charge is -2.30. The zero-order valence-corrected chi connectivity index (χ0v) is 12.2. The molecule has 110 valence electrons. The maximum absolute atomic E-state index is 5.45. The Bertz CT molecular complexity index is 583. The molecule has 4 rings (SSSR count). The van der Waals surface area contributed by atoms with Crippen molar-refractivity contribution in [2.45, 2.75) is 32.1 Å². The fourth-order valence-corrected chi connectivity index (χ4v) is 3.23. The monoisotopic (exact) mass is 283 g/mol. The highest BCUT2D eigenvalue weighted by molar-refractivity contribution is 5.55. The largest absolute Gasteiger partial charge is 0.324 e. The van der Waals surface area contributed by atoms with E-state index < -0.39 is 0 Å². The summed E-state index contributed by atoms with van der Waals surface area (Å²) in [6.07, 6.45) is 6.89. The van der Waals surface area contributed by atoms with Crippen molar-refractivity contribution < 1.29 is 4.52 Å². The molecule has 0 spiro atoms. The van der Waals surface area contributed by atoms with E-state index in [9.17, 15) is 0 Å². The lowest BCUT2D eigenvalue weighted by molar-refractivity contribution is 0.340. The minimum absolute atomic E-state index is 0.679. The van der Waals surface area contributed by atoms with Crippen LogP contribution >= 0.6 is 0 Å². The van der Waals surface area contributed by atoms with Crippen LogP contribution in [0.4, 0.5) is 6.01 Å². The fraction of sp³-hybridized carbons (Fsp3) is 0.529. The van der Waals surface area contributed by atoms with Crippen molar-refractivity contribution in [3.8, 4) is 11.4 Å². The van der Waals surface area contributed by atoms with Gasteiger partial charge in [-0.1, -0.05) is 48.3 Å². The standard InChI is InChI=1S/C17H21N3O/c1-2-4-15(5-3-1)16-18-17(21-19-16)20-10-8-14(9-11-20)12-13-6-7-13/h1-5,13-14H,6-12H2. The molecule has 0 unspecified atom stereocenters. The lowest BCUT2D eigenvalue weighted by atomic mass is 9.92. The summed E-state index contributed by atoms with van der Waals surface area (Å²) in [6.45, 7) is 2.10. The second kappa shape index (κ2) is 5.51. The smallest absolute Gasteiger partial charge is 0.324 e. The van der Waals surface area contributed by atoms with Crippen LogP contribution in [-0.4, -0.2) is 23.2 Å². The zero-order chi connectivity index (χ0) is 14.1. The lowest BCUT2D eigenvalue weighted by Crippen LogP contribution is -2.34. The van der Waals surface area contributed by atoms with Crippen LogP contribution in [0.15, 0.2) is 34.9 Å². The molecule has 0 radical (unpaired) electrons. The quantitative estimate of drug-likeness (QED) is 0.857. The van der Waals surface area contributed by atoms with Crippen LogP contribution in [0.25, 0.3) is 11.4 Å². The van der Waals surface area contributed by atoms with Crippen molar-refractivity contribution in [1.29, 1.82) is 0 Å². The van der Waals surface area contributed by atoms with Crippen LogP contribution in [0.1, 0.15) is 32.1 Å². The third-order valence-corrected chi connectivity index (χ3v) is 4.70. The minimum atomic E-state index is 0.679. The number of piperidine rings is 1. The molecule has 0 N–H and O–H groups in total. The number of aromatic nitrogens is 2. The highest BCUT2D eigenvalue weighted by Crippen LogP contribution is 2.38. The summed E-state index contributed by atoms with van der Waals surface area (Å²) in [5.74, 6) is 2.63. The van der Waals surface area contributed by atoms with Gasteiger partial charge in [0, 0.05) is 18.7 Å². The molecule has 1 aromatic heterocycles. The second-order valence-electron chi connectivity index (χ2n) is 6.38. The van der Waals surface area contributed by atoms with Gasteiger partial charge in [0.25, 0.3) is 0 Å². The Hall–Kier alpha value is -1.84. The van der Waals surface area contributed by atoms with Crippen LogP contribution in [0, 0.1) is 11.8 Å². The average molecular weight is 283 g/mol. The molecule has 1 aliphatic heterocycles. The van der Waals surface area contributed by atoms with Gasteiger partial charge >= 0.3 is 6.01 Å². The van der Waals surface area contributed by atoms with E-state index in [-0.39, 0.29) is 0 Å². The van der Waals surface area contributed by atoms with E-state index in [1.54, 1.807) is 0 Å². The molecule has 2 aliphatic rings. The van der Waals surface area contributed by atoms with Gasteiger partial charge in [0.1, 0.15) is 0 Å². The Morgan fingerprint density at radius 3 is 2.43 bits per heavy atom. The van der Waals surface area contributed by atoms with Crippen molar-refractivity contribution in [2.75, 3.05) is 18.0 Å². The van der Waals surface area contributed by atoms with Gasteiger partial charge in [-0.25, -0.2) is 0 Å². The fourth-order valence-electron chi connectivity index (χ4n) is 3.23. The van der Waals surface area contributed by atoms with Crippen molar-refractivity contribution >= 4 is 6.01 Å². The Balaban J connectivity index is 1.40. The molecule has 1 saturated carbocycles. The Morgan fingerprint density at radius 1 is 1.00 bits per heavy atom. The molecule has 0 bridgehead atoms. The third kappa shape index (κ3) is 2.94. The number of hydrogen-bond donors (Lipinski definition) is 0. The number of benzene rings is 1. The summed E-state index contributed by atoms with van der Waals surface area (Å²) in [5, 5.41) is 4.11. The number of hydrogen-bond acceptors (Lipinski definition) is 4. The van der Waals surface area contributed by atoms with Crippen LogP contribution < -0.4 is 4.90 Å². The molecule has 1 aromatic carbocycles. The van der Waals surface area contributed by atoms with Gasteiger partial charge in [-0.15, -0.1) is 0 Å². The molecule has 1 aliphatic carbocycles. The predicted octanol–water partition coefficient (Wildman–Crippen LogP) is 3.75. The first-order valence-electron chi connectivity index (χ1n) is 8.02. The molecule has 0 amide bonds. The molecule has 2 fully saturated rings. The SMILES string of the molecule is c1ccc(-c2noc(N3CCC(CC4CC4)CC3)n2)cc1. The van der Waals surface area contributed by atoms with Gasteiger partial charge in [-0.3, -0.25) is 0 Å².